The Morgan fingerprint density at radius 3 is 2.79 bits per heavy atom. The second kappa shape index (κ2) is 9.30. The number of nitrogens with one attached hydrogen (secondary N) is 1. The zero-order valence-electron chi connectivity index (χ0n) is 14.3. The predicted octanol–water partition coefficient (Wildman–Crippen LogP) is 4.33. The van der Waals surface area contributed by atoms with Gasteiger partial charge in [0.15, 0.2) is 0 Å². The number of likely N-dealkylation sites (N-methyl/N-ethyl adjacent to an activating group) is 1. The van der Waals surface area contributed by atoms with Crippen molar-refractivity contribution in [3.63, 3.8) is 0 Å². The van der Waals surface area contributed by atoms with Crippen molar-refractivity contribution in [1.82, 2.24) is 10.3 Å². The molecule has 0 radical (unpaired) electrons. The molecule has 1 atom stereocenters. The summed E-state index contributed by atoms with van der Waals surface area (Å²) < 4.78 is 11.2. The molecule has 2 aromatic rings. The Bertz CT molecular complexity index is 689. The smallest absolute Gasteiger partial charge is 0.138 e. The Morgan fingerprint density at radius 2 is 2.08 bits per heavy atom. The van der Waals surface area contributed by atoms with Gasteiger partial charge in [0.2, 0.25) is 0 Å². The lowest BCUT2D eigenvalue weighted by molar-refractivity contribution is 0.299. The van der Waals surface area contributed by atoms with Crippen LogP contribution in [0.3, 0.4) is 0 Å². The van der Waals surface area contributed by atoms with Crippen LogP contribution in [0, 0.1) is 0 Å². The lowest BCUT2D eigenvalue weighted by Crippen LogP contribution is -2.17. The van der Waals surface area contributed by atoms with Crippen molar-refractivity contribution in [2.24, 2.45) is 0 Å². The maximum Gasteiger partial charge on any atom is 0.138 e. The van der Waals surface area contributed by atoms with E-state index >= 15 is 0 Å². The minimum atomic E-state index is 0.300. The van der Waals surface area contributed by atoms with Gasteiger partial charge in [-0.15, -0.1) is 0 Å². The Labute approximate surface area is 148 Å². The average molecular weight is 347 g/mol. The van der Waals surface area contributed by atoms with Gasteiger partial charge in [-0.2, -0.15) is 0 Å². The van der Waals surface area contributed by atoms with E-state index in [-0.39, 0.29) is 0 Å². The number of rotatable bonds is 8. The molecule has 1 aromatic carbocycles. The highest BCUT2D eigenvalue weighted by molar-refractivity contribution is 6.32. The zero-order valence-corrected chi connectivity index (χ0v) is 15.0. The quantitative estimate of drug-likeness (QED) is 0.772. The van der Waals surface area contributed by atoms with Gasteiger partial charge in [0, 0.05) is 12.1 Å². The van der Waals surface area contributed by atoms with E-state index in [1.54, 1.807) is 6.07 Å². The number of nitrogens with zero attached hydrogens (tertiary/aromatic N) is 1. The van der Waals surface area contributed by atoms with Crippen molar-refractivity contribution in [3.8, 4) is 11.5 Å². The molecule has 24 heavy (non-hydrogen) atoms. The molecule has 5 heteroatoms. The van der Waals surface area contributed by atoms with Crippen molar-refractivity contribution >= 4 is 17.7 Å². The van der Waals surface area contributed by atoms with Crippen LogP contribution in [0.4, 0.5) is 0 Å². The van der Waals surface area contributed by atoms with E-state index in [0.29, 0.717) is 30.0 Å². The van der Waals surface area contributed by atoms with Crippen molar-refractivity contribution in [2.45, 2.75) is 26.5 Å². The molecule has 0 saturated carbocycles. The fourth-order valence-electron chi connectivity index (χ4n) is 2.02. The van der Waals surface area contributed by atoms with Crippen LogP contribution in [0.25, 0.3) is 6.08 Å². The predicted molar refractivity (Wildman–Crippen MR) is 98.7 cm³/mol. The average Bonchev–Trinajstić information content (AvgIpc) is 2.59. The number of hydrogen-bond acceptors (Lipinski definition) is 4. The number of pyridine rings is 1. The zero-order chi connectivity index (χ0) is 17.4. The molecule has 0 fully saturated rings. The molecule has 0 aliphatic rings. The van der Waals surface area contributed by atoms with Crippen molar-refractivity contribution in [3.05, 3.63) is 58.9 Å². The third-order valence-electron chi connectivity index (χ3n) is 3.43. The van der Waals surface area contributed by atoms with Crippen LogP contribution < -0.4 is 14.8 Å². The van der Waals surface area contributed by atoms with E-state index in [2.05, 4.69) is 23.3 Å². The van der Waals surface area contributed by atoms with Crippen molar-refractivity contribution in [1.29, 1.82) is 0 Å². The highest BCUT2D eigenvalue weighted by Crippen LogP contribution is 2.29. The molecule has 2 rings (SSSR count). The van der Waals surface area contributed by atoms with E-state index in [0.717, 1.165) is 17.1 Å². The van der Waals surface area contributed by atoms with E-state index in [1.807, 2.05) is 50.4 Å². The SMILES string of the molecule is CCOc1ccc(OCc2cccc(/C=C/[C@H](C)NC)n2)c(Cl)c1. The third kappa shape index (κ3) is 5.55. The molecule has 1 aromatic heterocycles. The summed E-state index contributed by atoms with van der Waals surface area (Å²) in [7, 11) is 1.92. The highest BCUT2D eigenvalue weighted by atomic mass is 35.5. The van der Waals surface area contributed by atoms with Gasteiger partial charge >= 0.3 is 0 Å². The fraction of sp³-hybridized carbons (Fsp3) is 0.316. The number of halogens is 1. The van der Waals surface area contributed by atoms with Gasteiger partial charge in [-0.1, -0.05) is 23.7 Å². The summed E-state index contributed by atoms with van der Waals surface area (Å²) in [5.41, 5.74) is 1.75. The standard InChI is InChI=1S/C19H23ClN2O2/c1-4-23-17-10-11-19(18(20)12-17)24-13-16-7-5-6-15(22-16)9-8-14(2)21-3/h5-12,14,21H,4,13H2,1-3H3/b9-8+/t14-/m0/s1. The molecule has 1 N–H and O–H groups in total. The molecule has 4 nitrogen and oxygen atoms in total. The summed E-state index contributed by atoms with van der Waals surface area (Å²) in [6, 6.07) is 11.6. The first-order valence-electron chi connectivity index (χ1n) is 7.99. The maximum atomic E-state index is 6.22. The molecule has 0 unspecified atom stereocenters. The van der Waals surface area contributed by atoms with E-state index in [9.17, 15) is 0 Å². The summed E-state index contributed by atoms with van der Waals surface area (Å²) >= 11 is 6.22. The van der Waals surface area contributed by atoms with Crippen LogP contribution in [0.1, 0.15) is 25.2 Å². The highest BCUT2D eigenvalue weighted by Gasteiger charge is 2.05. The Morgan fingerprint density at radius 1 is 1.25 bits per heavy atom. The molecule has 0 spiro atoms. The summed E-state index contributed by atoms with van der Waals surface area (Å²) in [5, 5.41) is 3.68. The minimum Gasteiger partial charge on any atom is -0.494 e. The van der Waals surface area contributed by atoms with Crippen molar-refractivity contribution < 1.29 is 9.47 Å². The number of aromatic nitrogens is 1. The molecule has 0 amide bonds. The van der Waals surface area contributed by atoms with E-state index < -0.39 is 0 Å². The first kappa shape index (κ1) is 18.3. The monoisotopic (exact) mass is 346 g/mol. The fourth-order valence-corrected chi connectivity index (χ4v) is 2.24. The summed E-state index contributed by atoms with van der Waals surface area (Å²) in [6.45, 7) is 4.98. The first-order chi connectivity index (χ1) is 11.6. The third-order valence-corrected chi connectivity index (χ3v) is 3.72. The molecule has 1 heterocycles. The number of hydrogen-bond donors (Lipinski definition) is 1. The van der Waals surface area contributed by atoms with Crippen molar-refractivity contribution in [2.75, 3.05) is 13.7 Å². The lowest BCUT2D eigenvalue weighted by Gasteiger charge is -2.10. The van der Waals surface area contributed by atoms with Crippen LogP contribution in [-0.4, -0.2) is 24.7 Å². The van der Waals surface area contributed by atoms with Crippen LogP contribution >= 0.6 is 11.6 Å². The molecular formula is C19H23ClN2O2. The Balaban J connectivity index is 2.00. The number of benzene rings is 1. The first-order valence-corrected chi connectivity index (χ1v) is 8.36. The lowest BCUT2D eigenvalue weighted by atomic mass is 10.2. The topological polar surface area (TPSA) is 43.4 Å². The van der Waals surface area contributed by atoms with Gasteiger partial charge in [0.1, 0.15) is 18.1 Å². The molecule has 0 aliphatic carbocycles. The normalized spacial score (nSPS) is 12.3. The van der Waals surface area contributed by atoms with E-state index in [4.69, 9.17) is 21.1 Å². The van der Waals surface area contributed by atoms with Crippen LogP contribution in [-0.2, 0) is 6.61 Å². The summed E-state index contributed by atoms with van der Waals surface area (Å²) in [6.07, 6.45) is 4.06. The van der Waals surface area contributed by atoms with Gasteiger partial charge in [0.05, 0.1) is 23.0 Å². The van der Waals surface area contributed by atoms with Gasteiger partial charge in [-0.05, 0) is 51.2 Å². The van der Waals surface area contributed by atoms with Gasteiger partial charge in [-0.3, -0.25) is 0 Å². The largest absolute Gasteiger partial charge is 0.494 e. The molecular weight excluding hydrogens is 324 g/mol. The summed E-state index contributed by atoms with van der Waals surface area (Å²) in [5.74, 6) is 1.35. The minimum absolute atomic E-state index is 0.300. The molecule has 128 valence electrons. The molecule has 0 saturated heterocycles. The van der Waals surface area contributed by atoms with Crippen LogP contribution in [0.15, 0.2) is 42.5 Å². The van der Waals surface area contributed by atoms with Gasteiger partial charge in [0.25, 0.3) is 0 Å². The second-order valence-electron chi connectivity index (χ2n) is 5.30. The maximum absolute atomic E-state index is 6.22. The van der Waals surface area contributed by atoms with Gasteiger partial charge in [-0.25, -0.2) is 4.98 Å². The van der Waals surface area contributed by atoms with Crippen LogP contribution in [0.2, 0.25) is 5.02 Å². The Kier molecular flexibility index (Phi) is 7.09. The summed E-state index contributed by atoms with van der Waals surface area (Å²) in [4.78, 5) is 4.56. The van der Waals surface area contributed by atoms with Crippen LogP contribution in [0.5, 0.6) is 11.5 Å². The molecule has 0 aliphatic heterocycles. The molecule has 0 bridgehead atoms. The second-order valence-corrected chi connectivity index (χ2v) is 5.71. The number of ether oxygens (including phenoxy) is 2. The van der Waals surface area contributed by atoms with Gasteiger partial charge < -0.3 is 14.8 Å². The Hall–Kier alpha value is -2.04. The van der Waals surface area contributed by atoms with E-state index in [1.165, 1.54) is 0 Å².